The molecule has 32 heavy (non-hydrogen) atoms. The van der Waals surface area contributed by atoms with E-state index in [4.69, 9.17) is 9.72 Å². The van der Waals surface area contributed by atoms with Gasteiger partial charge < -0.3 is 19.9 Å². The molecule has 0 spiro atoms. The minimum Gasteiger partial charge on any atom is -0.380 e. The zero-order valence-corrected chi connectivity index (χ0v) is 18.9. The van der Waals surface area contributed by atoms with E-state index in [9.17, 15) is 9.18 Å². The van der Waals surface area contributed by atoms with E-state index in [1.165, 1.54) is 25.0 Å². The number of carbonyl (C=O) groups is 1. The Kier molecular flexibility index (Phi) is 7.32. The molecule has 1 aromatic heterocycles. The fraction of sp³-hybridized carbons (Fsp3) is 0.542. The van der Waals surface area contributed by atoms with Crippen LogP contribution in [0.1, 0.15) is 53.8 Å². The van der Waals surface area contributed by atoms with Crippen LogP contribution in [0.25, 0.3) is 0 Å². The van der Waals surface area contributed by atoms with Crippen molar-refractivity contribution in [1.29, 1.82) is 0 Å². The molecule has 2 atom stereocenters. The molecule has 2 saturated heterocycles. The second-order valence-corrected chi connectivity index (χ2v) is 8.64. The molecule has 3 heterocycles. The molecule has 2 fully saturated rings. The number of nitrogens with one attached hydrogen (secondary N) is 1. The number of carbonyl (C=O) groups excluding carboxylic acids is 1. The summed E-state index contributed by atoms with van der Waals surface area (Å²) in [4.78, 5) is 26.6. The first kappa shape index (κ1) is 22.6. The second kappa shape index (κ2) is 10.4. The van der Waals surface area contributed by atoms with Crippen LogP contribution < -0.4 is 5.32 Å². The third kappa shape index (κ3) is 5.24. The van der Waals surface area contributed by atoms with Crippen molar-refractivity contribution in [2.75, 3.05) is 51.7 Å². The Balaban J connectivity index is 1.55. The van der Waals surface area contributed by atoms with Crippen LogP contribution in [0.4, 0.5) is 10.2 Å². The third-order valence-electron chi connectivity index (χ3n) is 6.48. The summed E-state index contributed by atoms with van der Waals surface area (Å²) in [5.41, 5.74) is 1.95. The molecule has 2 aromatic rings. The summed E-state index contributed by atoms with van der Waals surface area (Å²) in [5.74, 6) is 0.124. The van der Waals surface area contributed by atoms with Crippen molar-refractivity contribution in [2.24, 2.45) is 0 Å². The van der Waals surface area contributed by atoms with Crippen LogP contribution in [0.15, 0.2) is 30.5 Å². The standard InChI is InChI=1S/C24H32FN5O2/c1-17(18-5-7-19(25)8-6-18)22-23(26-10-14-29-11-3-4-12-29)27-15-21(28-22)24(31)30-13-9-20(16-30)32-2/h5-8,15,17,20H,3-4,9-14,16H2,1-2H3,(H,26,27)/t17-,20+/m1/s1. The Morgan fingerprint density at radius 3 is 2.69 bits per heavy atom. The Labute approximate surface area is 189 Å². The first-order chi connectivity index (χ1) is 15.5. The van der Waals surface area contributed by atoms with Crippen LogP contribution >= 0.6 is 0 Å². The van der Waals surface area contributed by atoms with Gasteiger partial charge in [0.2, 0.25) is 0 Å². The number of aromatic nitrogens is 2. The van der Waals surface area contributed by atoms with Gasteiger partial charge >= 0.3 is 0 Å². The predicted octanol–water partition coefficient (Wildman–Crippen LogP) is 3.14. The van der Waals surface area contributed by atoms with Crippen molar-refractivity contribution in [3.63, 3.8) is 0 Å². The maximum Gasteiger partial charge on any atom is 0.274 e. The summed E-state index contributed by atoms with van der Waals surface area (Å²) in [5, 5.41) is 3.42. The first-order valence-electron chi connectivity index (χ1n) is 11.5. The van der Waals surface area contributed by atoms with Gasteiger partial charge in [-0.05, 0) is 50.0 Å². The van der Waals surface area contributed by atoms with Gasteiger partial charge in [-0.2, -0.15) is 0 Å². The van der Waals surface area contributed by atoms with Gasteiger partial charge in [0.05, 0.1) is 18.0 Å². The molecule has 0 aliphatic carbocycles. The SMILES string of the molecule is CO[C@H]1CCN(C(=O)c2cnc(NCCN3CCCC3)c([C@H](C)c3ccc(F)cc3)n2)C1. The molecule has 2 aliphatic heterocycles. The largest absolute Gasteiger partial charge is 0.380 e. The van der Waals surface area contributed by atoms with Gasteiger partial charge in [0.1, 0.15) is 17.3 Å². The van der Waals surface area contributed by atoms with E-state index >= 15 is 0 Å². The van der Waals surface area contributed by atoms with Gasteiger partial charge in [-0.25, -0.2) is 14.4 Å². The number of likely N-dealkylation sites (tertiary alicyclic amines) is 2. The molecule has 0 saturated carbocycles. The molecule has 1 amide bonds. The van der Waals surface area contributed by atoms with E-state index in [-0.39, 0.29) is 23.7 Å². The van der Waals surface area contributed by atoms with Crippen molar-refractivity contribution in [3.8, 4) is 0 Å². The van der Waals surface area contributed by atoms with Crippen molar-refractivity contribution >= 4 is 11.7 Å². The lowest BCUT2D eigenvalue weighted by Crippen LogP contribution is -2.31. The molecular weight excluding hydrogens is 409 g/mol. The van der Waals surface area contributed by atoms with Crippen molar-refractivity contribution < 1.29 is 13.9 Å². The van der Waals surface area contributed by atoms with Crippen LogP contribution in [-0.4, -0.2) is 78.2 Å². The van der Waals surface area contributed by atoms with Gasteiger partial charge in [0, 0.05) is 39.2 Å². The normalized spacial score (nSPS) is 20.0. The number of anilines is 1. The highest BCUT2D eigenvalue weighted by Gasteiger charge is 2.29. The van der Waals surface area contributed by atoms with Crippen LogP contribution in [-0.2, 0) is 4.74 Å². The van der Waals surface area contributed by atoms with Gasteiger partial charge in [0.25, 0.3) is 5.91 Å². The number of hydrogen-bond donors (Lipinski definition) is 1. The molecule has 172 valence electrons. The predicted molar refractivity (Wildman–Crippen MR) is 121 cm³/mol. The molecule has 8 heteroatoms. The summed E-state index contributed by atoms with van der Waals surface area (Å²) in [6, 6.07) is 6.41. The summed E-state index contributed by atoms with van der Waals surface area (Å²) in [6.45, 7) is 7.20. The Bertz CT molecular complexity index is 917. The van der Waals surface area contributed by atoms with Crippen LogP contribution in [0.5, 0.6) is 0 Å². The van der Waals surface area contributed by atoms with Gasteiger partial charge in [-0.1, -0.05) is 19.1 Å². The topological polar surface area (TPSA) is 70.6 Å². The number of methoxy groups -OCH3 is 1. The zero-order valence-electron chi connectivity index (χ0n) is 18.9. The highest BCUT2D eigenvalue weighted by atomic mass is 19.1. The molecule has 7 nitrogen and oxygen atoms in total. The highest BCUT2D eigenvalue weighted by molar-refractivity contribution is 5.92. The van der Waals surface area contributed by atoms with Crippen LogP contribution in [0.2, 0.25) is 0 Å². The Hall–Kier alpha value is -2.58. The Morgan fingerprint density at radius 2 is 2.00 bits per heavy atom. The number of nitrogens with zero attached hydrogens (tertiary/aromatic N) is 4. The van der Waals surface area contributed by atoms with E-state index in [0.717, 1.165) is 38.2 Å². The molecule has 0 bridgehead atoms. The fourth-order valence-corrected chi connectivity index (χ4v) is 4.46. The number of benzene rings is 1. The number of ether oxygens (including phenoxy) is 1. The lowest BCUT2D eigenvalue weighted by Gasteiger charge is -2.20. The Morgan fingerprint density at radius 1 is 1.25 bits per heavy atom. The monoisotopic (exact) mass is 441 g/mol. The lowest BCUT2D eigenvalue weighted by molar-refractivity contribution is 0.0718. The third-order valence-corrected chi connectivity index (χ3v) is 6.48. The van der Waals surface area contributed by atoms with Gasteiger partial charge in [0.15, 0.2) is 0 Å². The summed E-state index contributed by atoms with van der Waals surface area (Å²) in [6.07, 6.45) is 4.95. The first-order valence-corrected chi connectivity index (χ1v) is 11.5. The number of rotatable bonds is 8. The van der Waals surface area contributed by atoms with E-state index in [2.05, 4.69) is 15.2 Å². The molecule has 1 aromatic carbocycles. The minimum atomic E-state index is -0.276. The average Bonchev–Trinajstić information content (AvgIpc) is 3.51. The average molecular weight is 442 g/mol. The highest BCUT2D eigenvalue weighted by Crippen LogP contribution is 2.28. The maximum atomic E-state index is 13.4. The van der Waals surface area contributed by atoms with E-state index < -0.39 is 0 Å². The minimum absolute atomic E-state index is 0.0658. The van der Waals surface area contributed by atoms with Gasteiger partial charge in [-0.15, -0.1) is 0 Å². The van der Waals surface area contributed by atoms with E-state index in [0.29, 0.717) is 30.3 Å². The molecule has 0 unspecified atom stereocenters. The molecule has 4 rings (SSSR count). The smallest absolute Gasteiger partial charge is 0.274 e. The number of amides is 1. The van der Waals surface area contributed by atoms with Crippen LogP contribution in [0, 0.1) is 5.82 Å². The van der Waals surface area contributed by atoms with Gasteiger partial charge in [-0.3, -0.25) is 4.79 Å². The lowest BCUT2D eigenvalue weighted by atomic mass is 9.97. The summed E-state index contributed by atoms with van der Waals surface area (Å²) < 4.78 is 18.8. The molecule has 1 N–H and O–H groups in total. The fourth-order valence-electron chi connectivity index (χ4n) is 4.46. The van der Waals surface area contributed by atoms with E-state index in [1.807, 2.05) is 6.92 Å². The number of hydrogen-bond acceptors (Lipinski definition) is 6. The molecular formula is C24H32FN5O2. The van der Waals surface area contributed by atoms with Crippen molar-refractivity contribution in [1.82, 2.24) is 19.8 Å². The zero-order chi connectivity index (χ0) is 22.5. The second-order valence-electron chi connectivity index (χ2n) is 8.64. The molecule has 2 aliphatic rings. The maximum absolute atomic E-state index is 13.4. The summed E-state index contributed by atoms with van der Waals surface area (Å²) >= 11 is 0. The number of halogens is 1. The molecule has 0 radical (unpaired) electrons. The van der Waals surface area contributed by atoms with Crippen LogP contribution in [0.3, 0.4) is 0 Å². The summed E-state index contributed by atoms with van der Waals surface area (Å²) in [7, 11) is 1.67. The van der Waals surface area contributed by atoms with E-state index in [1.54, 1.807) is 30.3 Å². The van der Waals surface area contributed by atoms with Crippen molar-refractivity contribution in [2.45, 2.75) is 38.2 Å². The quantitative estimate of drug-likeness (QED) is 0.679. The van der Waals surface area contributed by atoms with Crippen molar-refractivity contribution in [3.05, 3.63) is 53.2 Å².